The molecule has 2 nitrogen and oxygen atoms in total. The van der Waals surface area contributed by atoms with Gasteiger partial charge < -0.3 is 4.90 Å². The minimum Gasteiger partial charge on any atom is -0.301 e. The molecule has 1 heterocycles. The third kappa shape index (κ3) is 4.11. The Balaban J connectivity index is 1.71. The summed E-state index contributed by atoms with van der Waals surface area (Å²) in [6, 6.07) is 0.777. The van der Waals surface area contributed by atoms with Gasteiger partial charge in [-0.1, -0.05) is 19.8 Å². The van der Waals surface area contributed by atoms with Gasteiger partial charge in [0.1, 0.15) is 0 Å². The van der Waals surface area contributed by atoms with Crippen LogP contribution >= 0.6 is 11.6 Å². The molecule has 0 bridgehead atoms. The average molecular weight is 259 g/mol. The number of halogens is 1. The zero-order valence-corrected chi connectivity index (χ0v) is 12.0. The maximum Gasteiger partial charge on any atom is 0.0351 e. The Morgan fingerprint density at radius 1 is 1.12 bits per heavy atom. The van der Waals surface area contributed by atoms with Crippen LogP contribution in [0.25, 0.3) is 0 Å². The molecule has 100 valence electrons. The van der Waals surface area contributed by atoms with Gasteiger partial charge in [-0.15, -0.1) is 11.6 Å². The van der Waals surface area contributed by atoms with E-state index in [2.05, 4.69) is 16.7 Å². The topological polar surface area (TPSA) is 6.48 Å². The van der Waals surface area contributed by atoms with Crippen LogP contribution in [0, 0.1) is 0 Å². The van der Waals surface area contributed by atoms with Crippen molar-refractivity contribution in [3.8, 4) is 0 Å². The van der Waals surface area contributed by atoms with Gasteiger partial charge in [0.2, 0.25) is 0 Å². The van der Waals surface area contributed by atoms with E-state index in [1.54, 1.807) is 0 Å². The van der Waals surface area contributed by atoms with Gasteiger partial charge in [0.25, 0.3) is 0 Å². The van der Waals surface area contributed by atoms with Crippen molar-refractivity contribution in [3.63, 3.8) is 0 Å². The van der Waals surface area contributed by atoms with Crippen molar-refractivity contribution < 1.29 is 0 Å². The summed E-state index contributed by atoms with van der Waals surface area (Å²) in [6.45, 7) is 8.63. The maximum atomic E-state index is 6.29. The SMILES string of the molecule is CCCCN1CCN(C2CCCC(Cl)C2)CC1. The highest BCUT2D eigenvalue weighted by Gasteiger charge is 2.27. The Kier molecular flexibility index (Phi) is 5.58. The molecule has 2 rings (SSSR count). The lowest BCUT2D eigenvalue weighted by Gasteiger charge is -2.41. The standard InChI is InChI=1S/C14H27ClN2/c1-2-3-7-16-8-10-17(11-9-16)14-6-4-5-13(15)12-14/h13-14H,2-12H2,1H3. The molecular formula is C14H27ClN2. The van der Waals surface area contributed by atoms with E-state index in [4.69, 9.17) is 11.6 Å². The molecule has 0 N–H and O–H groups in total. The molecule has 0 aromatic rings. The van der Waals surface area contributed by atoms with Crippen molar-refractivity contribution in [1.29, 1.82) is 0 Å². The van der Waals surface area contributed by atoms with Gasteiger partial charge in [0, 0.05) is 37.6 Å². The molecule has 2 aliphatic rings. The summed E-state index contributed by atoms with van der Waals surface area (Å²) in [5, 5.41) is 0.437. The van der Waals surface area contributed by atoms with Gasteiger partial charge >= 0.3 is 0 Å². The predicted molar refractivity (Wildman–Crippen MR) is 74.8 cm³/mol. The molecule has 0 radical (unpaired) electrons. The van der Waals surface area contributed by atoms with Crippen LogP contribution < -0.4 is 0 Å². The number of rotatable bonds is 4. The first kappa shape index (κ1) is 13.6. The quantitative estimate of drug-likeness (QED) is 0.716. The summed E-state index contributed by atoms with van der Waals surface area (Å²) < 4.78 is 0. The Morgan fingerprint density at radius 2 is 1.88 bits per heavy atom. The molecule has 1 saturated heterocycles. The molecule has 2 unspecified atom stereocenters. The number of hydrogen-bond acceptors (Lipinski definition) is 2. The smallest absolute Gasteiger partial charge is 0.0351 e. The van der Waals surface area contributed by atoms with Crippen molar-refractivity contribution >= 4 is 11.6 Å². The molecule has 0 aromatic carbocycles. The molecule has 2 atom stereocenters. The third-order valence-electron chi connectivity index (χ3n) is 4.33. The largest absolute Gasteiger partial charge is 0.301 e. The minimum absolute atomic E-state index is 0.437. The summed E-state index contributed by atoms with van der Waals surface area (Å²) >= 11 is 6.29. The predicted octanol–water partition coefficient (Wildman–Crippen LogP) is 2.95. The van der Waals surface area contributed by atoms with Crippen LogP contribution in [0.4, 0.5) is 0 Å². The van der Waals surface area contributed by atoms with E-state index >= 15 is 0 Å². The van der Waals surface area contributed by atoms with Crippen LogP contribution in [0.1, 0.15) is 45.4 Å². The van der Waals surface area contributed by atoms with Gasteiger partial charge in [-0.05, 0) is 32.2 Å². The fourth-order valence-electron chi connectivity index (χ4n) is 3.17. The molecule has 0 aromatic heterocycles. The first-order valence-corrected chi connectivity index (χ1v) is 7.83. The van der Waals surface area contributed by atoms with E-state index in [9.17, 15) is 0 Å². The fourth-order valence-corrected chi connectivity index (χ4v) is 3.53. The Hall–Kier alpha value is 0.210. The molecule has 1 saturated carbocycles. The van der Waals surface area contributed by atoms with E-state index < -0.39 is 0 Å². The van der Waals surface area contributed by atoms with E-state index in [1.807, 2.05) is 0 Å². The van der Waals surface area contributed by atoms with Crippen molar-refractivity contribution in [2.45, 2.75) is 56.9 Å². The average Bonchev–Trinajstić information content (AvgIpc) is 2.37. The van der Waals surface area contributed by atoms with Crippen LogP contribution in [0.5, 0.6) is 0 Å². The lowest BCUT2D eigenvalue weighted by Crippen LogP contribution is -2.51. The van der Waals surface area contributed by atoms with Gasteiger partial charge in [0.15, 0.2) is 0 Å². The van der Waals surface area contributed by atoms with Crippen molar-refractivity contribution in [2.75, 3.05) is 32.7 Å². The Morgan fingerprint density at radius 3 is 2.53 bits per heavy atom. The normalized spacial score (nSPS) is 32.8. The maximum absolute atomic E-state index is 6.29. The Labute approximate surface area is 111 Å². The highest BCUT2D eigenvalue weighted by molar-refractivity contribution is 6.20. The minimum atomic E-state index is 0.437. The number of alkyl halides is 1. The Bertz CT molecular complexity index is 214. The van der Waals surface area contributed by atoms with Crippen molar-refractivity contribution in [3.05, 3.63) is 0 Å². The van der Waals surface area contributed by atoms with Crippen molar-refractivity contribution in [1.82, 2.24) is 9.80 Å². The molecule has 1 aliphatic heterocycles. The van der Waals surface area contributed by atoms with Crippen LogP contribution in [-0.4, -0.2) is 53.9 Å². The van der Waals surface area contributed by atoms with Gasteiger partial charge in [-0.25, -0.2) is 0 Å². The van der Waals surface area contributed by atoms with Crippen molar-refractivity contribution in [2.24, 2.45) is 0 Å². The molecule has 2 fully saturated rings. The summed E-state index contributed by atoms with van der Waals surface area (Å²) in [6.07, 6.45) is 7.82. The molecule has 0 amide bonds. The lowest BCUT2D eigenvalue weighted by molar-refractivity contribution is 0.0791. The summed E-state index contributed by atoms with van der Waals surface area (Å²) in [7, 11) is 0. The van der Waals surface area contributed by atoms with Gasteiger partial charge in [0.05, 0.1) is 0 Å². The number of nitrogens with zero attached hydrogens (tertiary/aromatic N) is 2. The zero-order chi connectivity index (χ0) is 12.1. The third-order valence-corrected chi connectivity index (χ3v) is 4.73. The highest BCUT2D eigenvalue weighted by Crippen LogP contribution is 2.27. The van der Waals surface area contributed by atoms with Gasteiger partial charge in [-0.2, -0.15) is 0 Å². The van der Waals surface area contributed by atoms with Gasteiger partial charge in [-0.3, -0.25) is 4.90 Å². The first-order chi connectivity index (χ1) is 8.29. The molecule has 17 heavy (non-hydrogen) atoms. The molecule has 1 aliphatic carbocycles. The second kappa shape index (κ2) is 6.96. The second-order valence-corrected chi connectivity index (χ2v) is 6.27. The highest BCUT2D eigenvalue weighted by atomic mass is 35.5. The molecule has 3 heteroatoms. The van der Waals surface area contributed by atoms with Crippen LogP contribution in [0.2, 0.25) is 0 Å². The first-order valence-electron chi connectivity index (χ1n) is 7.40. The van der Waals surface area contributed by atoms with E-state index in [0.29, 0.717) is 5.38 Å². The number of unbranched alkanes of at least 4 members (excludes halogenated alkanes) is 1. The van der Waals surface area contributed by atoms with E-state index in [0.717, 1.165) is 6.04 Å². The molecular weight excluding hydrogens is 232 g/mol. The van der Waals surface area contributed by atoms with Crippen LogP contribution in [-0.2, 0) is 0 Å². The lowest BCUT2D eigenvalue weighted by atomic mass is 9.93. The van der Waals surface area contributed by atoms with Crippen LogP contribution in [0.15, 0.2) is 0 Å². The summed E-state index contributed by atoms with van der Waals surface area (Å²) in [5.41, 5.74) is 0. The number of piperazine rings is 1. The number of hydrogen-bond donors (Lipinski definition) is 0. The zero-order valence-electron chi connectivity index (χ0n) is 11.2. The van der Waals surface area contributed by atoms with Crippen LogP contribution in [0.3, 0.4) is 0 Å². The summed E-state index contributed by atoms with van der Waals surface area (Å²) in [5.74, 6) is 0. The monoisotopic (exact) mass is 258 g/mol. The second-order valence-electron chi connectivity index (χ2n) is 5.65. The summed E-state index contributed by atoms with van der Waals surface area (Å²) in [4.78, 5) is 5.32. The fraction of sp³-hybridized carbons (Fsp3) is 1.00. The van der Waals surface area contributed by atoms with E-state index in [-0.39, 0.29) is 0 Å². The van der Waals surface area contributed by atoms with E-state index in [1.165, 1.54) is 71.2 Å². The molecule has 0 spiro atoms.